The SMILES string of the molecule is COCCN(c1cc2c(cc1N)CC(=O)N2)C1CC1. The van der Waals surface area contributed by atoms with Crippen LogP contribution in [0.15, 0.2) is 12.1 Å². The number of nitrogen functional groups attached to an aromatic ring is 1. The molecule has 2 aliphatic rings. The maximum atomic E-state index is 11.4. The number of ether oxygens (including phenoxy) is 1. The van der Waals surface area contributed by atoms with E-state index < -0.39 is 0 Å². The Morgan fingerprint density at radius 1 is 1.47 bits per heavy atom. The Morgan fingerprint density at radius 3 is 2.95 bits per heavy atom. The zero-order chi connectivity index (χ0) is 13.4. The van der Waals surface area contributed by atoms with Crippen molar-refractivity contribution in [2.24, 2.45) is 0 Å². The van der Waals surface area contributed by atoms with Gasteiger partial charge < -0.3 is 20.7 Å². The van der Waals surface area contributed by atoms with Gasteiger partial charge in [0.2, 0.25) is 5.91 Å². The maximum absolute atomic E-state index is 11.4. The van der Waals surface area contributed by atoms with E-state index in [-0.39, 0.29) is 5.91 Å². The number of anilines is 3. The number of amides is 1. The molecule has 1 aliphatic carbocycles. The van der Waals surface area contributed by atoms with E-state index in [9.17, 15) is 4.79 Å². The van der Waals surface area contributed by atoms with Crippen LogP contribution >= 0.6 is 0 Å². The molecule has 0 aromatic heterocycles. The molecule has 0 bridgehead atoms. The smallest absolute Gasteiger partial charge is 0.228 e. The molecule has 1 aromatic carbocycles. The van der Waals surface area contributed by atoms with Crippen LogP contribution in [0.3, 0.4) is 0 Å². The zero-order valence-electron chi connectivity index (χ0n) is 11.1. The molecule has 1 amide bonds. The molecule has 1 heterocycles. The number of benzene rings is 1. The van der Waals surface area contributed by atoms with E-state index in [1.54, 1.807) is 7.11 Å². The third-order valence-electron chi connectivity index (χ3n) is 3.71. The number of nitrogens with zero attached hydrogens (tertiary/aromatic N) is 1. The van der Waals surface area contributed by atoms with Crippen LogP contribution in [-0.2, 0) is 16.0 Å². The fraction of sp³-hybridized carbons (Fsp3) is 0.500. The molecule has 19 heavy (non-hydrogen) atoms. The lowest BCUT2D eigenvalue weighted by atomic mass is 10.1. The molecule has 0 atom stereocenters. The highest BCUT2D eigenvalue weighted by atomic mass is 16.5. The Morgan fingerprint density at radius 2 is 2.26 bits per heavy atom. The summed E-state index contributed by atoms with van der Waals surface area (Å²) in [6, 6.07) is 4.49. The van der Waals surface area contributed by atoms with E-state index in [0.717, 1.165) is 29.2 Å². The summed E-state index contributed by atoms with van der Waals surface area (Å²) in [4.78, 5) is 13.7. The van der Waals surface area contributed by atoms with Crippen LogP contribution in [0.4, 0.5) is 17.1 Å². The summed E-state index contributed by atoms with van der Waals surface area (Å²) in [6.07, 6.45) is 2.83. The van der Waals surface area contributed by atoms with Crippen LogP contribution < -0.4 is 16.0 Å². The number of fused-ring (bicyclic) bond motifs is 1. The molecule has 0 saturated heterocycles. The van der Waals surface area contributed by atoms with Crippen molar-refractivity contribution in [2.75, 3.05) is 36.2 Å². The number of carbonyl (C=O) groups excluding carboxylic acids is 1. The lowest BCUT2D eigenvalue weighted by Gasteiger charge is -2.26. The van der Waals surface area contributed by atoms with E-state index in [1.165, 1.54) is 12.8 Å². The number of methoxy groups -OCH3 is 1. The van der Waals surface area contributed by atoms with Crippen LogP contribution in [0.2, 0.25) is 0 Å². The second kappa shape index (κ2) is 4.74. The first-order chi connectivity index (χ1) is 9.19. The van der Waals surface area contributed by atoms with Crippen LogP contribution in [0.25, 0.3) is 0 Å². The quantitative estimate of drug-likeness (QED) is 0.786. The van der Waals surface area contributed by atoms with E-state index in [0.29, 0.717) is 19.1 Å². The summed E-state index contributed by atoms with van der Waals surface area (Å²) < 4.78 is 5.17. The summed E-state index contributed by atoms with van der Waals surface area (Å²) >= 11 is 0. The van der Waals surface area contributed by atoms with Gasteiger partial charge in [0.15, 0.2) is 0 Å². The molecule has 5 heteroatoms. The van der Waals surface area contributed by atoms with Crippen LogP contribution in [-0.4, -0.2) is 32.2 Å². The molecule has 0 radical (unpaired) electrons. The van der Waals surface area contributed by atoms with E-state index >= 15 is 0 Å². The molecule has 1 fully saturated rings. The minimum Gasteiger partial charge on any atom is -0.397 e. The third-order valence-corrected chi connectivity index (χ3v) is 3.71. The van der Waals surface area contributed by atoms with Crippen molar-refractivity contribution in [3.63, 3.8) is 0 Å². The van der Waals surface area contributed by atoms with Crippen LogP contribution in [0.1, 0.15) is 18.4 Å². The molecule has 3 N–H and O–H groups in total. The molecule has 5 nitrogen and oxygen atoms in total. The van der Waals surface area contributed by atoms with Crippen molar-refractivity contribution in [1.29, 1.82) is 0 Å². The van der Waals surface area contributed by atoms with Crippen LogP contribution in [0.5, 0.6) is 0 Å². The van der Waals surface area contributed by atoms with Gasteiger partial charge in [-0.15, -0.1) is 0 Å². The largest absolute Gasteiger partial charge is 0.397 e. The van der Waals surface area contributed by atoms with Crippen molar-refractivity contribution in [2.45, 2.75) is 25.3 Å². The molecule has 0 unspecified atom stereocenters. The lowest BCUT2D eigenvalue weighted by molar-refractivity contribution is -0.115. The van der Waals surface area contributed by atoms with Crippen molar-refractivity contribution in [3.05, 3.63) is 17.7 Å². The number of hydrogen-bond acceptors (Lipinski definition) is 4. The first-order valence-corrected chi connectivity index (χ1v) is 6.67. The summed E-state index contributed by atoms with van der Waals surface area (Å²) in [7, 11) is 1.71. The Labute approximate surface area is 112 Å². The average molecular weight is 261 g/mol. The minimum absolute atomic E-state index is 0.0430. The molecule has 0 spiro atoms. The monoisotopic (exact) mass is 261 g/mol. The molecule has 1 aliphatic heterocycles. The zero-order valence-corrected chi connectivity index (χ0v) is 11.1. The Balaban J connectivity index is 1.90. The highest BCUT2D eigenvalue weighted by Crippen LogP contribution is 2.38. The molecule has 3 rings (SSSR count). The first-order valence-electron chi connectivity index (χ1n) is 6.67. The van der Waals surface area contributed by atoms with Gasteiger partial charge in [-0.2, -0.15) is 0 Å². The predicted octanol–water partition coefficient (Wildman–Crippen LogP) is 1.38. The topological polar surface area (TPSA) is 67.6 Å². The molecular weight excluding hydrogens is 242 g/mol. The summed E-state index contributed by atoms with van der Waals surface area (Å²) in [5.41, 5.74) is 9.81. The van der Waals surface area contributed by atoms with E-state index in [4.69, 9.17) is 10.5 Å². The molecule has 102 valence electrons. The number of carbonyl (C=O) groups is 1. The number of rotatable bonds is 5. The number of hydrogen-bond donors (Lipinski definition) is 2. The van der Waals surface area contributed by atoms with Gasteiger partial charge in [0, 0.05) is 25.4 Å². The third kappa shape index (κ3) is 2.38. The second-order valence-corrected chi connectivity index (χ2v) is 5.21. The molecular formula is C14H19N3O2. The van der Waals surface area contributed by atoms with Gasteiger partial charge in [0.1, 0.15) is 0 Å². The Bertz CT molecular complexity index is 512. The van der Waals surface area contributed by atoms with Crippen molar-refractivity contribution in [3.8, 4) is 0 Å². The Kier molecular flexibility index (Phi) is 3.06. The number of nitrogens with one attached hydrogen (secondary N) is 1. The van der Waals surface area contributed by atoms with Gasteiger partial charge in [0.25, 0.3) is 0 Å². The fourth-order valence-electron chi connectivity index (χ4n) is 2.61. The van der Waals surface area contributed by atoms with E-state index in [2.05, 4.69) is 10.2 Å². The van der Waals surface area contributed by atoms with Crippen molar-refractivity contribution in [1.82, 2.24) is 0 Å². The van der Waals surface area contributed by atoms with Gasteiger partial charge >= 0.3 is 0 Å². The standard InChI is InChI=1S/C14H19N3O2/c1-19-5-4-17(10-2-3-10)13-8-12-9(6-11(13)15)7-14(18)16-12/h6,8,10H,2-5,7,15H2,1H3,(H,16,18). The summed E-state index contributed by atoms with van der Waals surface area (Å²) in [5.74, 6) is 0.0430. The van der Waals surface area contributed by atoms with E-state index in [1.807, 2.05) is 12.1 Å². The van der Waals surface area contributed by atoms with Crippen LogP contribution in [0, 0.1) is 0 Å². The Hall–Kier alpha value is -1.75. The molecule has 1 saturated carbocycles. The van der Waals surface area contributed by atoms with Gasteiger partial charge in [-0.3, -0.25) is 4.79 Å². The average Bonchev–Trinajstić information content (AvgIpc) is 3.13. The summed E-state index contributed by atoms with van der Waals surface area (Å²) in [6.45, 7) is 1.51. The van der Waals surface area contributed by atoms with Gasteiger partial charge in [-0.25, -0.2) is 0 Å². The molecule has 1 aromatic rings. The highest BCUT2D eigenvalue weighted by Gasteiger charge is 2.31. The number of nitrogens with two attached hydrogens (primary N) is 1. The van der Waals surface area contributed by atoms with Gasteiger partial charge in [0.05, 0.1) is 24.4 Å². The minimum atomic E-state index is 0.0430. The maximum Gasteiger partial charge on any atom is 0.228 e. The first kappa shape index (κ1) is 12.3. The van der Waals surface area contributed by atoms with Crippen molar-refractivity contribution >= 4 is 23.0 Å². The lowest BCUT2D eigenvalue weighted by Crippen LogP contribution is -2.30. The van der Waals surface area contributed by atoms with Gasteiger partial charge in [-0.05, 0) is 30.5 Å². The van der Waals surface area contributed by atoms with Crippen molar-refractivity contribution < 1.29 is 9.53 Å². The fourth-order valence-corrected chi connectivity index (χ4v) is 2.61. The van der Waals surface area contributed by atoms with Gasteiger partial charge in [-0.1, -0.05) is 0 Å². The normalized spacial score (nSPS) is 17.2. The second-order valence-electron chi connectivity index (χ2n) is 5.21. The highest BCUT2D eigenvalue weighted by molar-refractivity contribution is 6.01. The predicted molar refractivity (Wildman–Crippen MR) is 75.4 cm³/mol. The summed E-state index contributed by atoms with van der Waals surface area (Å²) in [5, 5.41) is 2.88.